The van der Waals surface area contributed by atoms with Gasteiger partial charge in [-0.3, -0.25) is 9.78 Å². The van der Waals surface area contributed by atoms with Crippen LogP contribution >= 0.6 is 11.6 Å². The maximum absolute atomic E-state index is 13.5. The molecule has 0 radical (unpaired) electrons. The summed E-state index contributed by atoms with van der Waals surface area (Å²) in [6, 6.07) is 18.0. The van der Waals surface area contributed by atoms with Crippen LogP contribution in [0.15, 0.2) is 76.4 Å². The third kappa shape index (κ3) is 4.57. The zero-order valence-electron chi connectivity index (χ0n) is 20.8. The maximum Gasteiger partial charge on any atom is 0.339 e. The molecule has 1 unspecified atom stereocenters. The van der Waals surface area contributed by atoms with Crippen LogP contribution in [0.4, 0.5) is 0 Å². The van der Waals surface area contributed by atoms with Crippen LogP contribution in [0.5, 0.6) is 0 Å². The van der Waals surface area contributed by atoms with Gasteiger partial charge in [0.25, 0.3) is 5.91 Å². The molecule has 38 heavy (non-hydrogen) atoms. The number of aromatic nitrogens is 1. The van der Waals surface area contributed by atoms with Gasteiger partial charge in [-0.15, -0.1) is 0 Å². The number of carbonyl (C=O) groups is 2. The first-order chi connectivity index (χ1) is 18.5. The largest absolute Gasteiger partial charge is 0.467 e. The zero-order valence-corrected chi connectivity index (χ0v) is 21.5. The Balaban J connectivity index is 1.27. The number of pyridine rings is 1. The highest BCUT2D eigenvalue weighted by Gasteiger charge is 2.35. The molecular formula is C29H25ClN4O4. The van der Waals surface area contributed by atoms with E-state index in [1.165, 1.54) is 5.01 Å². The molecule has 1 atom stereocenters. The Morgan fingerprint density at radius 2 is 1.92 bits per heavy atom. The average Bonchev–Trinajstić information content (AvgIpc) is 3.61. The number of hydrogen-bond acceptors (Lipinski definition) is 7. The standard InChI is InChI=1S/C29H25ClN4O4/c1-33-13-12-23-21(16-33)28(20-5-2-3-6-22(20)31-23)29(36)38-17-27(35)34-25(26-7-4-14-37-26)15-24(32-34)18-8-10-19(30)11-9-18/h2-11,14,25H,12-13,15-17H2,1H3. The third-order valence-electron chi connectivity index (χ3n) is 6.98. The molecule has 2 aromatic carbocycles. The fourth-order valence-electron chi connectivity index (χ4n) is 5.08. The number of halogens is 1. The molecule has 1 amide bonds. The van der Waals surface area contributed by atoms with Crippen LogP contribution in [0, 0.1) is 0 Å². The lowest BCUT2D eigenvalue weighted by molar-refractivity contribution is -0.136. The van der Waals surface area contributed by atoms with Crippen molar-refractivity contribution in [2.45, 2.75) is 25.4 Å². The molecule has 0 saturated heterocycles. The Bertz CT molecular complexity index is 1550. The molecule has 2 aliphatic rings. The number of furan rings is 1. The van der Waals surface area contributed by atoms with Crippen molar-refractivity contribution < 1.29 is 18.7 Å². The summed E-state index contributed by atoms with van der Waals surface area (Å²) >= 11 is 6.04. The zero-order chi connectivity index (χ0) is 26.2. The lowest BCUT2D eigenvalue weighted by Crippen LogP contribution is -2.32. The highest BCUT2D eigenvalue weighted by molar-refractivity contribution is 6.30. The van der Waals surface area contributed by atoms with Crippen LogP contribution in [0.25, 0.3) is 10.9 Å². The lowest BCUT2D eigenvalue weighted by atomic mass is 9.96. The number of fused-ring (bicyclic) bond motifs is 2. The van der Waals surface area contributed by atoms with E-state index in [0.29, 0.717) is 29.3 Å². The van der Waals surface area contributed by atoms with E-state index in [1.54, 1.807) is 24.5 Å². The van der Waals surface area contributed by atoms with Gasteiger partial charge in [0.1, 0.15) is 11.8 Å². The van der Waals surface area contributed by atoms with Crippen molar-refractivity contribution in [1.82, 2.24) is 14.9 Å². The smallest absolute Gasteiger partial charge is 0.339 e. The predicted molar refractivity (Wildman–Crippen MR) is 143 cm³/mol. The second-order valence-corrected chi connectivity index (χ2v) is 9.96. The molecule has 6 rings (SSSR count). The summed E-state index contributed by atoms with van der Waals surface area (Å²) in [5.41, 5.74) is 4.54. The van der Waals surface area contributed by atoms with Gasteiger partial charge < -0.3 is 14.1 Å². The molecule has 192 valence electrons. The minimum Gasteiger partial charge on any atom is -0.467 e. The fraction of sp³-hybridized carbons (Fsp3) is 0.241. The minimum absolute atomic E-state index is 0.437. The fourth-order valence-corrected chi connectivity index (χ4v) is 5.21. The molecule has 2 aromatic heterocycles. The van der Waals surface area contributed by atoms with Crippen LogP contribution in [-0.4, -0.2) is 52.7 Å². The van der Waals surface area contributed by atoms with Gasteiger partial charge in [0.2, 0.25) is 0 Å². The normalized spacial score (nSPS) is 17.4. The third-order valence-corrected chi connectivity index (χ3v) is 7.24. The quantitative estimate of drug-likeness (QED) is 0.339. The molecule has 4 heterocycles. The summed E-state index contributed by atoms with van der Waals surface area (Å²) in [6.07, 6.45) is 2.77. The molecule has 0 bridgehead atoms. The average molecular weight is 529 g/mol. The van der Waals surface area contributed by atoms with Crippen LogP contribution in [-0.2, 0) is 22.5 Å². The number of likely N-dealkylation sites (N-methyl/N-ethyl adjacent to an activating group) is 1. The van der Waals surface area contributed by atoms with E-state index in [-0.39, 0.29) is 0 Å². The molecule has 0 fully saturated rings. The number of benzene rings is 2. The van der Waals surface area contributed by atoms with Crippen molar-refractivity contribution >= 4 is 40.1 Å². The van der Waals surface area contributed by atoms with Crippen LogP contribution in [0.2, 0.25) is 5.02 Å². The Labute approximate surface area is 224 Å². The van der Waals surface area contributed by atoms with Crippen LogP contribution < -0.4 is 0 Å². The van der Waals surface area contributed by atoms with E-state index in [2.05, 4.69) is 10.0 Å². The van der Waals surface area contributed by atoms with Gasteiger partial charge in [-0.05, 0) is 42.9 Å². The van der Waals surface area contributed by atoms with Crippen molar-refractivity contribution in [2.75, 3.05) is 20.2 Å². The van der Waals surface area contributed by atoms with Crippen molar-refractivity contribution in [3.05, 3.63) is 100 Å². The molecule has 0 N–H and O–H groups in total. The van der Waals surface area contributed by atoms with E-state index >= 15 is 0 Å². The van der Waals surface area contributed by atoms with Gasteiger partial charge in [-0.25, -0.2) is 9.80 Å². The van der Waals surface area contributed by atoms with Gasteiger partial charge in [-0.2, -0.15) is 5.10 Å². The lowest BCUT2D eigenvalue weighted by Gasteiger charge is -2.26. The molecule has 0 saturated carbocycles. The first-order valence-corrected chi connectivity index (χ1v) is 12.8. The molecular weight excluding hydrogens is 504 g/mol. The van der Waals surface area contributed by atoms with Crippen molar-refractivity contribution in [2.24, 2.45) is 5.10 Å². The molecule has 2 aliphatic heterocycles. The second kappa shape index (κ2) is 10.0. The van der Waals surface area contributed by atoms with Gasteiger partial charge in [-0.1, -0.05) is 41.9 Å². The number of carbonyl (C=O) groups excluding carboxylic acids is 2. The van der Waals surface area contributed by atoms with E-state index < -0.39 is 24.5 Å². The number of amides is 1. The minimum atomic E-state index is -0.542. The summed E-state index contributed by atoms with van der Waals surface area (Å²) in [5.74, 6) is -0.373. The van der Waals surface area contributed by atoms with Gasteiger partial charge in [0.15, 0.2) is 6.61 Å². The summed E-state index contributed by atoms with van der Waals surface area (Å²) in [5, 5.41) is 7.28. The van der Waals surface area contributed by atoms with E-state index in [9.17, 15) is 9.59 Å². The number of esters is 1. The van der Waals surface area contributed by atoms with Crippen molar-refractivity contribution in [3.8, 4) is 0 Å². The first kappa shape index (κ1) is 24.3. The monoisotopic (exact) mass is 528 g/mol. The van der Waals surface area contributed by atoms with Crippen molar-refractivity contribution in [1.29, 1.82) is 0 Å². The molecule has 0 aliphatic carbocycles. The second-order valence-electron chi connectivity index (χ2n) is 9.52. The molecule has 4 aromatic rings. The summed E-state index contributed by atoms with van der Waals surface area (Å²) in [7, 11) is 2.01. The van der Waals surface area contributed by atoms with E-state index in [4.69, 9.17) is 25.7 Å². The number of ether oxygens (including phenoxy) is 1. The number of para-hydroxylation sites is 1. The van der Waals surface area contributed by atoms with Crippen LogP contribution in [0.1, 0.15) is 45.4 Å². The maximum atomic E-state index is 13.5. The Morgan fingerprint density at radius 3 is 2.71 bits per heavy atom. The van der Waals surface area contributed by atoms with Gasteiger partial charge >= 0.3 is 5.97 Å². The number of nitrogens with zero attached hydrogens (tertiary/aromatic N) is 4. The Kier molecular flexibility index (Phi) is 6.43. The summed E-state index contributed by atoms with van der Waals surface area (Å²) in [6.45, 7) is 1.00. The highest BCUT2D eigenvalue weighted by Crippen LogP contribution is 2.34. The van der Waals surface area contributed by atoms with Crippen molar-refractivity contribution in [3.63, 3.8) is 0 Å². The summed E-state index contributed by atoms with van der Waals surface area (Å²) < 4.78 is 11.2. The Hall–Kier alpha value is -4.01. The summed E-state index contributed by atoms with van der Waals surface area (Å²) in [4.78, 5) is 33.8. The number of hydrogen-bond donors (Lipinski definition) is 0. The highest BCUT2D eigenvalue weighted by atomic mass is 35.5. The SMILES string of the molecule is CN1CCc2nc3ccccc3c(C(=O)OCC(=O)N3N=C(c4ccc(Cl)cc4)CC3c3ccco3)c2C1. The molecule has 9 heteroatoms. The Morgan fingerprint density at radius 1 is 1.11 bits per heavy atom. The number of hydrazone groups is 1. The number of rotatable bonds is 5. The van der Waals surface area contributed by atoms with E-state index in [1.807, 2.05) is 49.5 Å². The predicted octanol–water partition coefficient (Wildman–Crippen LogP) is 5.00. The first-order valence-electron chi connectivity index (χ1n) is 12.4. The molecule has 8 nitrogen and oxygen atoms in total. The van der Waals surface area contributed by atoms with Crippen LogP contribution in [0.3, 0.4) is 0 Å². The topological polar surface area (TPSA) is 88.2 Å². The van der Waals surface area contributed by atoms with E-state index in [0.717, 1.165) is 46.4 Å². The molecule has 0 spiro atoms. The van der Waals surface area contributed by atoms with Gasteiger partial charge in [0.05, 0.1) is 23.1 Å². The van der Waals surface area contributed by atoms with Gasteiger partial charge in [0, 0.05) is 47.6 Å².